The van der Waals surface area contributed by atoms with Crippen molar-refractivity contribution < 1.29 is 14.7 Å². The molecular formula is C19H19NO3. The topological polar surface area (TPSA) is 57.6 Å². The van der Waals surface area contributed by atoms with Gasteiger partial charge in [-0.05, 0) is 30.5 Å². The summed E-state index contributed by atoms with van der Waals surface area (Å²) >= 11 is 0. The molecule has 0 saturated heterocycles. The van der Waals surface area contributed by atoms with Gasteiger partial charge in [-0.25, -0.2) is 0 Å². The van der Waals surface area contributed by atoms with Gasteiger partial charge in [0.05, 0.1) is 0 Å². The second kappa shape index (κ2) is 6.24. The molecule has 0 aliphatic carbocycles. The maximum Gasteiger partial charge on any atom is 0.313 e. The number of rotatable bonds is 4. The first-order chi connectivity index (χ1) is 11.1. The first kappa shape index (κ1) is 15.3. The molecule has 4 nitrogen and oxygen atoms in total. The molecule has 0 aromatic heterocycles. The molecule has 2 unspecified atom stereocenters. The Morgan fingerprint density at radius 1 is 1.09 bits per heavy atom. The van der Waals surface area contributed by atoms with Crippen LogP contribution in [0.15, 0.2) is 54.6 Å². The third kappa shape index (κ3) is 2.84. The van der Waals surface area contributed by atoms with Crippen LogP contribution in [0.1, 0.15) is 34.3 Å². The Labute approximate surface area is 135 Å². The van der Waals surface area contributed by atoms with Crippen molar-refractivity contribution in [2.45, 2.75) is 25.3 Å². The molecular weight excluding hydrogens is 290 g/mol. The van der Waals surface area contributed by atoms with Crippen molar-refractivity contribution in [3.63, 3.8) is 0 Å². The van der Waals surface area contributed by atoms with E-state index in [0.29, 0.717) is 24.1 Å². The molecule has 0 fully saturated rings. The molecule has 1 aliphatic heterocycles. The summed E-state index contributed by atoms with van der Waals surface area (Å²) in [6.07, 6.45) is 0.714. The third-order valence-electron chi connectivity index (χ3n) is 4.51. The molecule has 1 heterocycles. The van der Waals surface area contributed by atoms with Gasteiger partial charge in [-0.2, -0.15) is 0 Å². The molecule has 1 amide bonds. The predicted molar refractivity (Wildman–Crippen MR) is 87.5 cm³/mol. The van der Waals surface area contributed by atoms with E-state index in [-0.39, 0.29) is 11.9 Å². The largest absolute Gasteiger partial charge is 0.481 e. The van der Waals surface area contributed by atoms with E-state index in [9.17, 15) is 14.7 Å². The van der Waals surface area contributed by atoms with E-state index in [0.717, 1.165) is 5.56 Å². The number of amides is 1. The molecule has 0 radical (unpaired) electrons. The zero-order valence-corrected chi connectivity index (χ0v) is 13.0. The van der Waals surface area contributed by atoms with Crippen molar-refractivity contribution in [1.82, 2.24) is 4.90 Å². The van der Waals surface area contributed by atoms with Gasteiger partial charge in [-0.15, -0.1) is 0 Å². The summed E-state index contributed by atoms with van der Waals surface area (Å²) in [5.41, 5.74) is 2.26. The minimum atomic E-state index is -0.887. The number of carboxylic acid groups (broad SMARTS) is 1. The van der Waals surface area contributed by atoms with Gasteiger partial charge in [0, 0.05) is 18.2 Å². The van der Waals surface area contributed by atoms with Gasteiger partial charge in [-0.3, -0.25) is 9.59 Å². The first-order valence-electron chi connectivity index (χ1n) is 7.76. The summed E-state index contributed by atoms with van der Waals surface area (Å²) < 4.78 is 0. The molecule has 2 aromatic rings. The van der Waals surface area contributed by atoms with Crippen LogP contribution in [0.2, 0.25) is 0 Å². The second-order valence-corrected chi connectivity index (χ2v) is 5.88. The smallest absolute Gasteiger partial charge is 0.313 e. The van der Waals surface area contributed by atoms with Gasteiger partial charge in [-0.1, -0.05) is 48.5 Å². The number of hydrogen-bond acceptors (Lipinski definition) is 2. The van der Waals surface area contributed by atoms with E-state index in [4.69, 9.17) is 0 Å². The number of benzene rings is 2. The highest BCUT2D eigenvalue weighted by molar-refractivity contribution is 6.00. The zero-order chi connectivity index (χ0) is 16.4. The predicted octanol–water partition coefficient (Wildman–Crippen LogP) is 2.94. The fourth-order valence-corrected chi connectivity index (χ4v) is 3.28. The molecule has 1 N–H and O–H groups in total. The average Bonchev–Trinajstić information content (AvgIpc) is 2.55. The molecule has 23 heavy (non-hydrogen) atoms. The second-order valence-electron chi connectivity index (χ2n) is 5.88. The molecule has 2 aromatic carbocycles. The Balaban J connectivity index is 1.89. The summed E-state index contributed by atoms with van der Waals surface area (Å²) in [5.74, 6) is -1.65. The lowest BCUT2D eigenvalue weighted by Gasteiger charge is -2.38. The van der Waals surface area contributed by atoms with Crippen molar-refractivity contribution >= 4 is 11.9 Å². The highest BCUT2D eigenvalue weighted by Crippen LogP contribution is 2.33. The van der Waals surface area contributed by atoms with Gasteiger partial charge >= 0.3 is 5.97 Å². The van der Waals surface area contributed by atoms with Crippen molar-refractivity contribution in [2.24, 2.45) is 0 Å². The van der Waals surface area contributed by atoms with E-state index >= 15 is 0 Å². The number of hydrogen-bond donors (Lipinski definition) is 1. The van der Waals surface area contributed by atoms with Crippen LogP contribution in [0.3, 0.4) is 0 Å². The summed E-state index contributed by atoms with van der Waals surface area (Å²) in [5, 5.41) is 9.61. The Kier molecular flexibility index (Phi) is 4.15. The van der Waals surface area contributed by atoms with Crippen LogP contribution >= 0.6 is 0 Å². The van der Waals surface area contributed by atoms with Gasteiger partial charge in [0.1, 0.15) is 5.92 Å². The van der Waals surface area contributed by atoms with Crippen molar-refractivity contribution in [3.8, 4) is 0 Å². The van der Waals surface area contributed by atoms with Gasteiger partial charge in [0.25, 0.3) is 5.91 Å². The van der Waals surface area contributed by atoms with Gasteiger partial charge in [0.2, 0.25) is 0 Å². The molecule has 3 rings (SSSR count). The molecule has 0 saturated carbocycles. The lowest BCUT2D eigenvalue weighted by molar-refractivity contribution is -0.140. The molecule has 0 spiro atoms. The molecule has 0 bridgehead atoms. The summed E-state index contributed by atoms with van der Waals surface area (Å²) in [6.45, 7) is 2.33. The van der Waals surface area contributed by atoms with Gasteiger partial charge in [0.15, 0.2) is 0 Å². The number of aliphatic carboxylic acids is 1. The Hall–Kier alpha value is -2.62. The number of nitrogens with zero attached hydrogens (tertiary/aromatic N) is 1. The lowest BCUT2D eigenvalue weighted by atomic mass is 9.83. The molecule has 1 aliphatic rings. The van der Waals surface area contributed by atoms with Crippen LogP contribution in [0, 0.1) is 0 Å². The quantitative estimate of drug-likeness (QED) is 0.944. The number of carbonyl (C=O) groups excluding carboxylic acids is 1. The minimum absolute atomic E-state index is 0.0819. The van der Waals surface area contributed by atoms with Gasteiger partial charge < -0.3 is 10.0 Å². The van der Waals surface area contributed by atoms with Crippen LogP contribution in [-0.4, -0.2) is 34.5 Å². The molecule has 2 atom stereocenters. The number of carbonyl (C=O) groups is 2. The molecule has 4 heteroatoms. The van der Waals surface area contributed by atoms with Crippen molar-refractivity contribution in [2.75, 3.05) is 6.54 Å². The van der Waals surface area contributed by atoms with Crippen molar-refractivity contribution in [3.05, 3.63) is 71.3 Å². The standard InChI is InChI=1S/C19H19NO3/c1-13-17(19(22)23)15-9-5-6-10-16(15)18(21)20(13)12-11-14-7-3-2-4-8-14/h2-10,13,17H,11-12H2,1H3,(H,22,23). The zero-order valence-electron chi connectivity index (χ0n) is 13.0. The Morgan fingerprint density at radius 2 is 1.74 bits per heavy atom. The van der Waals surface area contributed by atoms with Crippen LogP contribution in [-0.2, 0) is 11.2 Å². The van der Waals surface area contributed by atoms with E-state index in [2.05, 4.69) is 0 Å². The molecule has 118 valence electrons. The van der Waals surface area contributed by atoms with Crippen LogP contribution in [0.4, 0.5) is 0 Å². The lowest BCUT2D eigenvalue weighted by Crippen LogP contribution is -2.49. The number of fused-ring (bicyclic) bond motifs is 1. The highest BCUT2D eigenvalue weighted by atomic mass is 16.4. The van der Waals surface area contributed by atoms with Crippen LogP contribution in [0.5, 0.6) is 0 Å². The SMILES string of the molecule is CC1C(C(=O)O)c2ccccc2C(=O)N1CCc1ccccc1. The van der Waals surface area contributed by atoms with Crippen LogP contribution in [0.25, 0.3) is 0 Å². The Morgan fingerprint density at radius 3 is 2.43 bits per heavy atom. The van der Waals surface area contributed by atoms with E-state index < -0.39 is 11.9 Å². The monoisotopic (exact) mass is 309 g/mol. The summed E-state index contributed by atoms with van der Waals surface area (Å²) in [4.78, 5) is 26.2. The first-order valence-corrected chi connectivity index (χ1v) is 7.76. The summed E-state index contributed by atoms with van der Waals surface area (Å²) in [6, 6.07) is 16.6. The van der Waals surface area contributed by atoms with Crippen molar-refractivity contribution in [1.29, 1.82) is 0 Å². The number of carboxylic acids is 1. The Bertz CT molecular complexity index is 726. The maximum absolute atomic E-state index is 12.7. The van der Waals surface area contributed by atoms with E-state index in [1.54, 1.807) is 29.2 Å². The fourth-order valence-electron chi connectivity index (χ4n) is 3.28. The normalized spacial score (nSPS) is 20.2. The van der Waals surface area contributed by atoms with Crippen LogP contribution < -0.4 is 0 Å². The maximum atomic E-state index is 12.7. The average molecular weight is 309 g/mol. The highest BCUT2D eigenvalue weighted by Gasteiger charge is 2.40. The van der Waals surface area contributed by atoms with E-state index in [1.807, 2.05) is 37.3 Å². The third-order valence-corrected chi connectivity index (χ3v) is 4.51. The fraction of sp³-hybridized carbons (Fsp3) is 0.263. The summed E-state index contributed by atoms with van der Waals surface area (Å²) in [7, 11) is 0. The van der Waals surface area contributed by atoms with E-state index in [1.165, 1.54) is 0 Å². The minimum Gasteiger partial charge on any atom is -0.481 e.